The number of hydrogen-bond donors (Lipinski definition) is 4. The van der Waals surface area contributed by atoms with E-state index in [2.05, 4.69) is 15.3 Å². The van der Waals surface area contributed by atoms with E-state index in [1.807, 2.05) is 0 Å². The Morgan fingerprint density at radius 3 is 2.62 bits per heavy atom. The molecule has 1 fully saturated rings. The van der Waals surface area contributed by atoms with Crippen LogP contribution in [-0.4, -0.2) is 22.4 Å². The molecular formula is C15H20N4O2. The highest BCUT2D eigenvalue weighted by atomic mass is 16.2. The summed E-state index contributed by atoms with van der Waals surface area (Å²) in [6.45, 7) is 0.377. The molecule has 0 atom stereocenters. The van der Waals surface area contributed by atoms with E-state index in [4.69, 9.17) is 5.73 Å². The number of anilines is 1. The maximum atomic E-state index is 12.6. The van der Waals surface area contributed by atoms with Crippen LogP contribution >= 0.6 is 0 Å². The number of fused-ring (bicyclic) bond motifs is 1. The van der Waals surface area contributed by atoms with Crippen molar-refractivity contribution in [3.63, 3.8) is 0 Å². The van der Waals surface area contributed by atoms with Gasteiger partial charge in [0.25, 0.3) is 0 Å². The zero-order valence-corrected chi connectivity index (χ0v) is 11.9. The Bertz CT molecular complexity index is 710. The van der Waals surface area contributed by atoms with E-state index in [0.717, 1.165) is 31.2 Å². The van der Waals surface area contributed by atoms with Crippen LogP contribution < -0.4 is 16.7 Å². The first-order valence-electron chi connectivity index (χ1n) is 7.37. The van der Waals surface area contributed by atoms with Gasteiger partial charge in [0.1, 0.15) is 0 Å². The molecule has 6 heteroatoms. The number of benzene rings is 1. The zero-order valence-electron chi connectivity index (χ0n) is 11.9. The number of nitrogens with two attached hydrogens (primary N) is 1. The number of hydrogen-bond acceptors (Lipinski definition) is 3. The Morgan fingerprint density at radius 1 is 1.19 bits per heavy atom. The van der Waals surface area contributed by atoms with Gasteiger partial charge < -0.3 is 21.0 Å². The second-order valence-corrected chi connectivity index (χ2v) is 5.84. The molecule has 21 heavy (non-hydrogen) atoms. The Morgan fingerprint density at radius 2 is 1.90 bits per heavy atom. The molecule has 0 unspecified atom stereocenters. The molecule has 2 aromatic rings. The van der Waals surface area contributed by atoms with Gasteiger partial charge in [0, 0.05) is 12.2 Å². The molecule has 1 aromatic carbocycles. The van der Waals surface area contributed by atoms with Crippen molar-refractivity contribution in [2.24, 2.45) is 11.1 Å². The standard InChI is InChI=1S/C15H20N4O2/c16-9-15(6-2-1-3-7-15)13(20)17-10-4-5-11-12(8-10)19-14(21)18-11/h4-5,8H,1-3,6-7,9,16H2,(H,17,20)(H2,18,19,21). The third-order valence-corrected chi connectivity index (χ3v) is 4.46. The number of carbonyl (C=O) groups excluding carboxylic acids is 1. The molecule has 0 bridgehead atoms. The van der Waals surface area contributed by atoms with Crippen molar-refractivity contribution in [2.45, 2.75) is 32.1 Å². The summed E-state index contributed by atoms with van der Waals surface area (Å²) in [4.78, 5) is 29.2. The van der Waals surface area contributed by atoms with Crippen LogP contribution in [0.4, 0.5) is 5.69 Å². The number of imidazole rings is 1. The predicted molar refractivity (Wildman–Crippen MR) is 82.1 cm³/mol. The van der Waals surface area contributed by atoms with E-state index in [9.17, 15) is 9.59 Å². The van der Waals surface area contributed by atoms with Crippen molar-refractivity contribution in [3.05, 3.63) is 28.7 Å². The van der Waals surface area contributed by atoms with Gasteiger partial charge in [-0.25, -0.2) is 4.79 Å². The minimum Gasteiger partial charge on any atom is -0.329 e. The van der Waals surface area contributed by atoms with Gasteiger partial charge in [-0.15, -0.1) is 0 Å². The predicted octanol–water partition coefficient (Wildman–Crippen LogP) is 1.70. The number of aromatic amines is 2. The third kappa shape index (κ3) is 2.58. The van der Waals surface area contributed by atoms with Crippen LogP contribution in [0.5, 0.6) is 0 Å². The van der Waals surface area contributed by atoms with Gasteiger partial charge in [-0.1, -0.05) is 19.3 Å². The van der Waals surface area contributed by atoms with Crippen LogP contribution in [0.3, 0.4) is 0 Å². The molecule has 112 valence electrons. The second-order valence-electron chi connectivity index (χ2n) is 5.84. The van der Waals surface area contributed by atoms with Crippen molar-refractivity contribution in [3.8, 4) is 0 Å². The fourth-order valence-corrected chi connectivity index (χ4v) is 3.13. The molecule has 6 nitrogen and oxygen atoms in total. The SMILES string of the molecule is NCC1(C(=O)Nc2ccc3[nH]c(=O)[nH]c3c2)CCCCC1. The van der Waals surface area contributed by atoms with Gasteiger partial charge in [0.15, 0.2) is 0 Å². The summed E-state index contributed by atoms with van der Waals surface area (Å²) in [6.07, 6.45) is 4.96. The van der Waals surface area contributed by atoms with Crippen LogP contribution in [0.2, 0.25) is 0 Å². The van der Waals surface area contributed by atoms with E-state index < -0.39 is 5.41 Å². The molecule has 1 heterocycles. The first-order valence-corrected chi connectivity index (χ1v) is 7.37. The minimum absolute atomic E-state index is 0.0121. The molecule has 1 saturated carbocycles. The minimum atomic E-state index is -0.446. The maximum Gasteiger partial charge on any atom is 0.323 e. The molecular weight excluding hydrogens is 268 g/mol. The average Bonchev–Trinajstić information content (AvgIpc) is 2.87. The van der Waals surface area contributed by atoms with Gasteiger partial charge >= 0.3 is 5.69 Å². The number of amides is 1. The largest absolute Gasteiger partial charge is 0.329 e. The summed E-state index contributed by atoms with van der Waals surface area (Å²) in [5, 5.41) is 2.95. The lowest BCUT2D eigenvalue weighted by molar-refractivity contribution is -0.126. The van der Waals surface area contributed by atoms with Crippen molar-refractivity contribution >= 4 is 22.6 Å². The molecule has 1 aromatic heterocycles. The monoisotopic (exact) mass is 288 g/mol. The topological polar surface area (TPSA) is 104 Å². The van der Waals surface area contributed by atoms with Crippen molar-refractivity contribution in [1.29, 1.82) is 0 Å². The molecule has 0 saturated heterocycles. The lowest BCUT2D eigenvalue weighted by Gasteiger charge is -2.34. The smallest absolute Gasteiger partial charge is 0.323 e. The van der Waals surface area contributed by atoms with Gasteiger partial charge in [0.2, 0.25) is 5.91 Å². The number of rotatable bonds is 3. The van der Waals surface area contributed by atoms with Crippen molar-refractivity contribution in [1.82, 2.24) is 9.97 Å². The highest BCUT2D eigenvalue weighted by molar-refractivity contribution is 5.97. The van der Waals surface area contributed by atoms with Crippen LogP contribution in [0.25, 0.3) is 11.0 Å². The number of nitrogens with one attached hydrogen (secondary N) is 3. The molecule has 0 aliphatic heterocycles. The van der Waals surface area contributed by atoms with Gasteiger partial charge in [0.05, 0.1) is 16.4 Å². The quantitative estimate of drug-likeness (QED) is 0.691. The first-order chi connectivity index (χ1) is 10.1. The highest BCUT2D eigenvalue weighted by Gasteiger charge is 2.38. The van der Waals surface area contributed by atoms with Crippen LogP contribution in [-0.2, 0) is 4.79 Å². The number of H-pyrrole nitrogens is 2. The third-order valence-electron chi connectivity index (χ3n) is 4.46. The Labute approximate surface area is 122 Å². The lowest BCUT2D eigenvalue weighted by Crippen LogP contribution is -2.43. The fraction of sp³-hybridized carbons (Fsp3) is 0.467. The molecule has 5 N–H and O–H groups in total. The number of aromatic nitrogens is 2. The fourth-order valence-electron chi connectivity index (χ4n) is 3.13. The normalized spacial score (nSPS) is 17.8. The summed E-state index contributed by atoms with van der Waals surface area (Å²) in [7, 11) is 0. The van der Waals surface area contributed by atoms with E-state index >= 15 is 0 Å². The van der Waals surface area contributed by atoms with E-state index in [1.165, 1.54) is 6.42 Å². The molecule has 3 rings (SSSR count). The zero-order chi connectivity index (χ0) is 14.9. The Kier molecular flexibility index (Phi) is 3.55. The van der Waals surface area contributed by atoms with Crippen molar-refractivity contribution in [2.75, 3.05) is 11.9 Å². The summed E-state index contributed by atoms with van der Waals surface area (Å²) in [5.74, 6) is -0.0121. The van der Waals surface area contributed by atoms with Crippen LogP contribution in [0.1, 0.15) is 32.1 Å². The lowest BCUT2D eigenvalue weighted by atomic mass is 9.73. The Balaban J connectivity index is 1.83. The van der Waals surface area contributed by atoms with Gasteiger partial charge in [-0.2, -0.15) is 0 Å². The molecule has 0 radical (unpaired) electrons. The molecule has 1 aliphatic carbocycles. The first kappa shape index (κ1) is 13.9. The van der Waals surface area contributed by atoms with Crippen LogP contribution in [0, 0.1) is 5.41 Å². The average molecular weight is 288 g/mol. The van der Waals surface area contributed by atoms with Gasteiger partial charge in [-0.05, 0) is 31.0 Å². The summed E-state index contributed by atoms with van der Waals surface area (Å²) in [5.41, 5.74) is 7.27. The molecule has 1 amide bonds. The van der Waals surface area contributed by atoms with E-state index in [1.54, 1.807) is 18.2 Å². The second kappa shape index (κ2) is 5.37. The molecule has 1 aliphatic rings. The van der Waals surface area contributed by atoms with E-state index in [-0.39, 0.29) is 11.6 Å². The Hall–Kier alpha value is -2.08. The van der Waals surface area contributed by atoms with Crippen LogP contribution in [0.15, 0.2) is 23.0 Å². The number of carbonyl (C=O) groups is 1. The summed E-state index contributed by atoms with van der Waals surface area (Å²) in [6, 6.07) is 5.33. The van der Waals surface area contributed by atoms with E-state index in [0.29, 0.717) is 17.7 Å². The molecule has 0 spiro atoms. The van der Waals surface area contributed by atoms with Crippen molar-refractivity contribution < 1.29 is 4.79 Å². The summed E-state index contributed by atoms with van der Waals surface area (Å²) >= 11 is 0. The highest BCUT2D eigenvalue weighted by Crippen LogP contribution is 2.36. The maximum absolute atomic E-state index is 12.6. The van der Waals surface area contributed by atoms with Gasteiger partial charge in [-0.3, -0.25) is 4.79 Å². The summed E-state index contributed by atoms with van der Waals surface area (Å²) < 4.78 is 0.